The summed E-state index contributed by atoms with van der Waals surface area (Å²) >= 11 is 4.49. The van der Waals surface area contributed by atoms with E-state index in [0.717, 1.165) is 11.1 Å². The van der Waals surface area contributed by atoms with Crippen molar-refractivity contribution in [1.82, 2.24) is 5.32 Å². The first kappa shape index (κ1) is 17.5. The second kappa shape index (κ2) is 7.14. The Kier molecular flexibility index (Phi) is 5.43. The summed E-state index contributed by atoms with van der Waals surface area (Å²) in [6.45, 7) is 3.75. The molecule has 1 heterocycles. The third-order valence-corrected chi connectivity index (χ3v) is 5.36. The minimum Gasteiger partial charge on any atom is -0.495 e. The fourth-order valence-electron chi connectivity index (χ4n) is 2.16. The molecular weight excluding hydrogens is 382 g/mol. The summed E-state index contributed by atoms with van der Waals surface area (Å²) in [6, 6.07) is 5.87. The van der Waals surface area contributed by atoms with Crippen LogP contribution in [0.3, 0.4) is 0 Å². The first-order valence-corrected chi connectivity index (χ1v) is 8.39. The molecule has 1 aromatic carbocycles. The first-order valence-electron chi connectivity index (χ1n) is 6.78. The zero-order valence-corrected chi connectivity index (χ0v) is 15.2. The molecule has 1 amide bonds. The number of carboxylic acid groups (broad SMARTS) is 1. The molecule has 0 fully saturated rings. The number of thiophene rings is 1. The lowest BCUT2D eigenvalue weighted by Gasteiger charge is -2.17. The Balaban J connectivity index is 2.31. The Morgan fingerprint density at radius 2 is 2.04 bits per heavy atom. The highest BCUT2D eigenvalue weighted by Crippen LogP contribution is 2.34. The number of methoxy groups -OCH3 is 1. The number of aryl methyl sites for hydroxylation is 1. The quantitative estimate of drug-likeness (QED) is 0.806. The summed E-state index contributed by atoms with van der Waals surface area (Å²) in [6.07, 6.45) is 0. The largest absolute Gasteiger partial charge is 0.495 e. The Hall–Kier alpha value is -1.86. The van der Waals surface area contributed by atoms with Gasteiger partial charge in [-0.3, -0.25) is 4.79 Å². The van der Waals surface area contributed by atoms with Crippen LogP contribution >= 0.6 is 27.3 Å². The van der Waals surface area contributed by atoms with Gasteiger partial charge in [-0.15, -0.1) is 11.3 Å². The maximum Gasteiger partial charge on any atom is 0.330 e. The number of hydrogen-bond acceptors (Lipinski definition) is 4. The van der Waals surface area contributed by atoms with Crippen molar-refractivity contribution >= 4 is 39.1 Å². The van der Waals surface area contributed by atoms with Crippen molar-refractivity contribution in [3.63, 3.8) is 0 Å². The molecule has 0 saturated carbocycles. The maximum atomic E-state index is 12.4. The summed E-state index contributed by atoms with van der Waals surface area (Å²) in [5, 5.41) is 12.1. The molecule has 23 heavy (non-hydrogen) atoms. The van der Waals surface area contributed by atoms with Gasteiger partial charge in [-0.1, -0.05) is 18.2 Å². The Morgan fingerprint density at radius 3 is 2.61 bits per heavy atom. The summed E-state index contributed by atoms with van der Waals surface area (Å²) < 4.78 is 5.80. The van der Waals surface area contributed by atoms with Crippen LogP contribution in [0.15, 0.2) is 28.1 Å². The molecule has 7 heteroatoms. The predicted octanol–water partition coefficient (Wildman–Crippen LogP) is 3.69. The summed E-state index contributed by atoms with van der Waals surface area (Å²) in [4.78, 5) is 24.4. The Labute approximate surface area is 146 Å². The van der Waals surface area contributed by atoms with Crippen molar-refractivity contribution in [3.8, 4) is 5.75 Å². The van der Waals surface area contributed by atoms with Crippen LogP contribution in [0.4, 0.5) is 0 Å². The molecule has 1 atom stereocenters. The number of ether oxygens (including phenoxy) is 1. The molecule has 0 spiro atoms. The number of carboxylic acids is 1. The lowest BCUT2D eigenvalue weighted by atomic mass is 9.97. The molecule has 0 aliphatic rings. The molecule has 0 bridgehead atoms. The summed E-state index contributed by atoms with van der Waals surface area (Å²) in [5.41, 5.74) is 2.40. The molecule has 5 nitrogen and oxygen atoms in total. The van der Waals surface area contributed by atoms with E-state index in [1.54, 1.807) is 18.2 Å². The predicted molar refractivity (Wildman–Crippen MR) is 92.3 cm³/mol. The van der Waals surface area contributed by atoms with Gasteiger partial charge in [0.15, 0.2) is 6.04 Å². The van der Waals surface area contributed by atoms with Crippen LogP contribution in [-0.4, -0.2) is 24.1 Å². The number of hydrogen-bond donors (Lipinski definition) is 2. The lowest BCUT2D eigenvalue weighted by molar-refractivity contribution is -0.139. The van der Waals surface area contributed by atoms with Crippen LogP contribution in [0.2, 0.25) is 0 Å². The molecule has 0 aliphatic heterocycles. The van der Waals surface area contributed by atoms with Gasteiger partial charge in [-0.25, -0.2) is 4.79 Å². The minimum absolute atomic E-state index is 0.380. The first-order chi connectivity index (χ1) is 10.8. The second-order valence-corrected chi connectivity index (χ2v) is 7.36. The molecule has 0 saturated heterocycles. The number of rotatable bonds is 5. The number of halogens is 1. The monoisotopic (exact) mass is 397 g/mol. The van der Waals surface area contributed by atoms with Crippen LogP contribution in [0, 0.1) is 13.8 Å². The molecule has 2 N–H and O–H groups in total. The second-order valence-electron chi connectivity index (χ2n) is 4.99. The lowest BCUT2D eigenvalue weighted by Crippen LogP contribution is -2.33. The van der Waals surface area contributed by atoms with E-state index in [-0.39, 0.29) is 0 Å². The number of benzene rings is 1. The molecule has 0 radical (unpaired) electrons. The molecule has 2 rings (SSSR count). The van der Waals surface area contributed by atoms with E-state index in [0.29, 0.717) is 20.0 Å². The van der Waals surface area contributed by atoms with Gasteiger partial charge < -0.3 is 15.2 Å². The van der Waals surface area contributed by atoms with Gasteiger partial charge in [0.25, 0.3) is 5.91 Å². The van der Waals surface area contributed by atoms with Crippen molar-refractivity contribution in [1.29, 1.82) is 0 Å². The van der Waals surface area contributed by atoms with E-state index in [2.05, 4.69) is 21.2 Å². The number of carbonyl (C=O) groups excluding carboxylic acids is 1. The van der Waals surface area contributed by atoms with E-state index in [9.17, 15) is 14.7 Å². The van der Waals surface area contributed by atoms with Crippen LogP contribution in [0.25, 0.3) is 0 Å². The molecule has 1 aromatic heterocycles. The van der Waals surface area contributed by atoms with E-state index in [4.69, 9.17) is 4.74 Å². The zero-order valence-electron chi connectivity index (χ0n) is 12.8. The maximum absolute atomic E-state index is 12.4. The van der Waals surface area contributed by atoms with Crippen molar-refractivity contribution in [3.05, 3.63) is 49.6 Å². The van der Waals surface area contributed by atoms with Gasteiger partial charge in [0.05, 0.1) is 12.0 Å². The topological polar surface area (TPSA) is 75.6 Å². The number of carbonyl (C=O) groups is 2. The van der Waals surface area contributed by atoms with Gasteiger partial charge in [0.2, 0.25) is 0 Å². The van der Waals surface area contributed by atoms with Crippen LogP contribution in [0.5, 0.6) is 5.75 Å². The summed E-state index contributed by atoms with van der Waals surface area (Å²) in [5.74, 6) is -1.01. The standard InChI is InChI=1S/C16H16BrNO4S/c1-8-5-4-6-10(9(8)2)13(16(20)21)18-15(19)12-7-11(22-3)14(17)23-12/h4-7,13H,1-3H3,(H,18,19)(H,20,21). The fourth-order valence-corrected chi connectivity index (χ4v) is 3.72. The normalized spacial score (nSPS) is 11.8. The average Bonchev–Trinajstić information content (AvgIpc) is 2.88. The van der Waals surface area contributed by atoms with E-state index < -0.39 is 17.9 Å². The van der Waals surface area contributed by atoms with Gasteiger partial charge in [0.1, 0.15) is 9.54 Å². The molecule has 1 unspecified atom stereocenters. The van der Waals surface area contributed by atoms with Crippen molar-refractivity contribution < 1.29 is 19.4 Å². The highest BCUT2D eigenvalue weighted by molar-refractivity contribution is 9.11. The number of amides is 1. The van der Waals surface area contributed by atoms with E-state index in [1.807, 2.05) is 19.9 Å². The fraction of sp³-hybridized carbons (Fsp3) is 0.250. The Morgan fingerprint density at radius 1 is 1.35 bits per heavy atom. The van der Waals surface area contributed by atoms with Crippen molar-refractivity contribution in [2.75, 3.05) is 7.11 Å². The number of aliphatic carboxylic acids is 1. The zero-order chi connectivity index (χ0) is 17.1. The average molecular weight is 398 g/mol. The number of nitrogens with one attached hydrogen (secondary N) is 1. The van der Waals surface area contributed by atoms with Crippen molar-refractivity contribution in [2.24, 2.45) is 0 Å². The summed E-state index contributed by atoms with van der Waals surface area (Å²) in [7, 11) is 1.50. The molecule has 122 valence electrons. The van der Waals surface area contributed by atoms with Gasteiger partial charge in [0, 0.05) is 6.07 Å². The van der Waals surface area contributed by atoms with E-state index in [1.165, 1.54) is 18.4 Å². The van der Waals surface area contributed by atoms with Crippen molar-refractivity contribution in [2.45, 2.75) is 19.9 Å². The van der Waals surface area contributed by atoms with E-state index >= 15 is 0 Å². The Bertz CT molecular complexity index is 757. The molecular formula is C16H16BrNO4S. The van der Waals surface area contributed by atoms with Gasteiger partial charge in [-0.2, -0.15) is 0 Å². The third-order valence-electron chi connectivity index (χ3n) is 3.58. The minimum atomic E-state index is -1.10. The highest BCUT2D eigenvalue weighted by atomic mass is 79.9. The molecule has 2 aromatic rings. The smallest absolute Gasteiger partial charge is 0.330 e. The molecule has 0 aliphatic carbocycles. The third kappa shape index (κ3) is 3.73. The SMILES string of the molecule is COc1cc(C(=O)NC(C(=O)O)c2cccc(C)c2C)sc1Br. The van der Waals surface area contributed by atoms with Crippen LogP contribution in [-0.2, 0) is 4.79 Å². The van der Waals surface area contributed by atoms with Gasteiger partial charge >= 0.3 is 5.97 Å². The highest BCUT2D eigenvalue weighted by Gasteiger charge is 2.25. The van der Waals surface area contributed by atoms with Crippen LogP contribution < -0.4 is 10.1 Å². The van der Waals surface area contributed by atoms with Gasteiger partial charge in [-0.05, 0) is 46.5 Å². The van der Waals surface area contributed by atoms with Crippen LogP contribution in [0.1, 0.15) is 32.4 Å².